The number of fused-ring (bicyclic) bond motifs is 1. The summed E-state index contributed by atoms with van der Waals surface area (Å²) >= 11 is 0. The van der Waals surface area contributed by atoms with Gasteiger partial charge in [-0.2, -0.15) is 0 Å². The highest BCUT2D eigenvalue weighted by molar-refractivity contribution is 5.84. The van der Waals surface area contributed by atoms with Crippen LogP contribution in [0.4, 0.5) is 4.79 Å². The van der Waals surface area contributed by atoms with Crippen molar-refractivity contribution in [2.24, 2.45) is 5.73 Å². The first-order valence-electron chi connectivity index (χ1n) is 7.15. The molecule has 1 heterocycles. The molecule has 4 N–H and O–H groups in total. The maximum atomic E-state index is 11.6. The van der Waals surface area contributed by atoms with Crippen molar-refractivity contribution in [3.05, 3.63) is 35.5 Å². The average molecular weight is 289 g/mol. The van der Waals surface area contributed by atoms with Gasteiger partial charge in [-0.05, 0) is 50.5 Å². The van der Waals surface area contributed by atoms with E-state index in [4.69, 9.17) is 10.5 Å². The topological polar surface area (TPSA) is 80.1 Å². The van der Waals surface area contributed by atoms with Gasteiger partial charge in [-0.15, -0.1) is 0 Å². The van der Waals surface area contributed by atoms with Gasteiger partial charge in [-0.1, -0.05) is 6.07 Å². The third-order valence-electron chi connectivity index (χ3n) is 3.13. The number of alkyl carbamates (subject to hydrolysis) is 1. The van der Waals surface area contributed by atoms with Gasteiger partial charge in [0.15, 0.2) is 0 Å². The van der Waals surface area contributed by atoms with Gasteiger partial charge in [0.05, 0.1) is 0 Å². The van der Waals surface area contributed by atoms with Crippen LogP contribution in [0.5, 0.6) is 0 Å². The molecule has 0 saturated carbocycles. The predicted octanol–water partition coefficient (Wildman–Crippen LogP) is 2.69. The molecule has 21 heavy (non-hydrogen) atoms. The van der Waals surface area contributed by atoms with Gasteiger partial charge < -0.3 is 20.8 Å². The lowest BCUT2D eigenvalue weighted by Gasteiger charge is -2.19. The van der Waals surface area contributed by atoms with Gasteiger partial charge in [0.1, 0.15) is 5.60 Å². The molecule has 0 bridgehead atoms. The van der Waals surface area contributed by atoms with Crippen molar-refractivity contribution < 1.29 is 9.53 Å². The van der Waals surface area contributed by atoms with Crippen LogP contribution in [0.3, 0.4) is 0 Å². The summed E-state index contributed by atoms with van der Waals surface area (Å²) in [5, 5.41) is 3.93. The van der Waals surface area contributed by atoms with Crippen LogP contribution in [-0.2, 0) is 17.7 Å². The lowest BCUT2D eigenvalue weighted by molar-refractivity contribution is 0.0528. The number of ether oxygens (including phenoxy) is 1. The number of carbonyl (C=O) groups is 1. The van der Waals surface area contributed by atoms with Crippen LogP contribution in [0.25, 0.3) is 10.9 Å². The van der Waals surface area contributed by atoms with E-state index in [9.17, 15) is 4.79 Å². The summed E-state index contributed by atoms with van der Waals surface area (Å²) in [7, 11) is 0. The second kappa shape index (κ2) is 6.18. The van der Waals surface area contributed by atoms with E-state index in [1.165, 1.54) is 0 Å². The van der Waals surface area contributed by atoms with Crippen LogP contribution < -0.4 is 11.1 Å². The zero-order valence-electron chi connectivity index (χ0n) is 12.8. The SMILES string of the molecule is CC(C)(C)OC(=O)NCCc1c[nH]c2ccc(CN)cc12. The highest BCUT2D eigenvalue weighted by Crippen LogP contribution is 2.20. The number of rotatable bonds is 4. The van der Waals surface area contributed by atoms with Crippen LogP contribution >= 0.6 is 0 Å². The van der Waals surface area contributed by atoms with E-state index in [1.54, 1.807) is 0 Å². The molecule has 0 fully saturated rings. The van der Waals surface area contributed by atoms with Crippen molar-refractivity contribution >= 4 is 17.0 Å². The van der Waals surface area contributed by atoms with E-state index < -0.39 is 5.60 Å². The molecule has 0 atom stereocenters. The Morgan fingerprint density at radius 3 is 2.81 bits per heavy atom. The molecule has 114 valence electrons. The fourth-order valence-corrected chi connectivity index (χ4v) is 2.17. The van der Waals surface area contributed by atoms with Crippen molar-refractivity contribution in [1.82, 2.24) is 10.3 Å². The normalized spacial score (nSPS) is 11.6. The summed E-state index contributed by atoms with van der Waals surface area (Å²) in [6, 6.07) is 6.14. The molecule has 2 rings (SSSR count). The number of aromatic amines is 1. The van der Waals surface area contributed by atoms with E-state index >= 15 is 0 Å². The summed E-state index contributed by atoms with van der Waals surface area (Å²) in [6.45, 7) is 6.60. The van der Waals surface area contributed by atoms with E-state index in [1.807, 2.05) is 39.1 Å². The molecule has 5 nitrogen and oxygen atoms in total. The summed E-state index contributed by atoms with van der Waals surface area (Å²) in [5.74, 6) is 0. The molecule has 2 aromatic rings. The molecular weight excluding hydrogens is 266 g/mol. The van der Waals surface area contributed by atoms with Crippen molar-refractivity contribution in [3.8, 4) is 0 Å². The molecule has 0 aliphatic rings. The van der Waals surface area contributed by atoms with Crippen molar-refractivity contribution in [2.45, 2.75) is 39.3 Å². The summed E-state index contributed by atoms with van der Waals surface area (Å²) in [5.41, 5.74) is 8.55. The largest absolute Gasteiger partial charge is 0.444 e. The van der Waals surface area contributed by atoms with E-state index in [0.29, 0.717) is 13.1 Å². The highest BCUT2D eigenvalue weighted by Gasteiger charge is 2.15. The quantitative estimate of drug-likeness (QED) is 0.809. The molecule has 1 aromatic carbocycles. The van der Waals surface area contributed by atoms with E-state index in [-0.39, 0.29) is 6.09 Å². The molecule has 0 unspecified atom stereocenters. The minimum atomic E-state index is -0.471. The first-order valence-corrected chi connectivity index (χ1v) is 7.15. The number of H-pyrrole nitrogens is 1. The molecule has 0 saturated heterocycles. The number of amides is 1. The Morgan fingerprint density at radius 2 is 2.14 bits per heavy atom. The number of nitrogens with one attached hydrogen (secondary N) is 2. The maximum absolute atomic E-state index is 11.6. The zero-order chi connectivity index (χ0) is 15.5. The molecular formula is C16H23N3O2. The molecule has 5 heteroatoms. The Bertz CT molecular complexity index is 626. The number of aromatic nitrogens is 1. The zero-order valence-corrected chi connectivity index (χ0v) is 12.8. The first-order chi connectivity index (χ1) is 9.89. The van der Waals surface area contributed by atoms with Gasteiger partial charge in [-0.3, -0.25) is 0 Å². The molecule has 1 aromatic heterocycles. The fraction of sp³-hybridized carbons (Fsp3) is 0.438. The predicted molar refractivity (Wildman–Crippen MR) is 84.1 cm³/mol. The highest BCUT2D eigenvalue weighted by atomic mass is 16.6. The third-order valence-corrected chi connectivity index (χ3v) is 3.13. The summed E-state index contributed by atoms with van der Waals surface area (Å²) in [6.07, 6.45) is 2.33. The standard InChI is InChI=1S/C16H23N3O2/c1-16(2,3)21-15(20)18-7-6-12-10-19-14-5-4-11(9-17)8-13(12)14/h4-5,8,10,19H,6-7,9,17H2,1-3H3,(H,18,20). The van der Waals surface area contributed by atoms with E-state index in [2.05, 4.69) is 16.4 Å². The Balaban J connectivity index is 1.96. The van der Waals surface area contributed by atoms with Crippen molar-refractivity contribution in [3.63, 3.8) is 0 Å². The van der Waals surface area contributed by atoms with Gasteiger partial charge in [-0.25, -0.2) is 4.79 Å². The lowest BCUT2D eigenvalue weighted by Crippen LogP contribution is -2.33. The number of nitrogens with two attached hydrogens (primary N) is 1. The number of hydrogen-bond acceptors (Lipinski definition) is 3. The Morgan fingerprint density at radius 1 is 1.38 bits per heavy atom. The second-order valence-corrected chi connectivity index (χ2v) is 6.08. The van der Waals surface area contributed by atoms with E-state index in [0.717, 1.165) is 28.5 Å². The maximum Gasteiger partial charge on any atom is 0.407 e. The van der Waals surface area contributed by atoms with Crippen LogP contribution in [0.1, 0.15) is 31.9 Å². The number of carbonyl (C=O) groups excluding carboxylic acids is 1. The minimum absolute atomic E-state index is 0.384. The Labute approximate surface area is 124 Å². The number of hydrogen-bond donors (Lipinski definition) is 3. The van der Waals surface area contributed by atoms with Crippen molar-refractivity contribution in [1.29, 1.82) is 0 Å². The monoisotopic (exact) mass is 289 g/mol. The average Bonchev–Trinajstić information content (AvgIpc) is 2.79. The van der Waals surface area contributed by atoms with Crippen LogP contribution in [0.2, 0.25) is 0 Å². The molecule has 1 amide bonds. The van der Waals surface area contributed by atoms with Gasteiger partial charge in [0, 0.05) is 30.2 Å². The minimum Gasteiger partial charge on any atom is -0.444 e. The second-order valence-electron chi connectivity index (χ2n) is 6.08. The fourth-order valence-electron chi connectivity index (χ4n) is 2.17. The molecule has 0 aliphatic heterocycles. The summed E-state index contributed by atoms with van der Waals surface area (Å²) < 4.78 is 5.21. The first kappa shape index (κ1) is 15.4. The van der Waals surface area contributed by atoms with Crippen LogP contribution in [0, 0.1) is 0 Å². The van der Waals surface area contributed by atoms with Gasteiger partial charge in [0.2, 0.25) is 0 Å². The van der Waals surface area contributed by atoms with Gasteiger partial charge >= 0.3 is 6.09 Å². The van der Waals surface area contributed by atoms with Crippen LogP contribution in [-0.4, -0.2) is 23.2 Å². The third kappa shape index (κ3) is 4.23. The Hall–Kier alpha value is -2.01. The number of benzene rings is 1. The summed E-state index contributed by atoms with van der Waals surface area (Å²) in [4.78, 5) is 14.8. The Kier molecular flexibility index (Phi) is 4.53. The van der Waals surface area contributed by atoms with Crippen LogP contribution in [0.15, 0.2) is 24.4 Å². The molecule has 0 spiro atoms. The molecule has 0 aliphatic carbocycles. The van der Waals surface area contributed by atoms with Crippen molar-refractivity contribution in [2.75, 3.05) is 6.54 Å². The lowest BCUT2D eigenvalue weighted by atomic mass is 10.1. The van der Waals surface area contributed by atoms with Gasteiger partial charge in [0.25, 0.3) is 0 Å². The smallest absolute Gasteiger partial charge is 0.407 e. The molecule has 0 radical (unpaired) electrons.